The van der Waals surface area contributed by atoms with Crippen LogP contribution in [0.1, 0.15) is 21.7 Å². The quantitative estimate of drug-likeness (QED) is 0.935. The van der Waals surface area contributed by atoms with E-state index in [9.17, 15) is 0 Å². The average molecular weight is 276 g/mol. The van der Waals surface area contributed by atoms with Crippen molar-refractivity contribution in [3.05, 3.63) is 39.8 Å². The molecule has 19 heavy (non-hydrogen) atoms. The van der Waals surface area contributed by atoms with E-state index in [1.54, 1.807) is 11.3 Å². The second-order valence-electron chi connectivity index (χ2n) is 4.46. The van der Waals surface area contributed by atoms with Gasteiger partial charge in [0.15, 0.2) is 17.6 Å². The van der Waals surface area contributed by atoms with Crippen molar-refractivity contribution < 1.29 is 9.47 Å². The molecule has 1 atom stereocenters. The van der Waals surface area contributed by atoms with Crippen LogP contribution in [0.2, 0.25) is 0 Å². The molecular weight excluding hydrogens is 260 g/mol. The van der Waals surface area contributed by atoms with Crippen LogP contribution in [0.15, 0.2) is 24.3 Å². The minimum atomic E-state index is -0.120. The molecule has 0 saturated heterocycles. The van der Waals surface area contributed by atoms with Gasteiger partial charge in [0.25, 0.3) is 0 Å². The highest BCUT2D eigenvalue weighted by atomic mass is 32.1. The van der Waals surface area contributed by atoms with Gasteiger partial charge in [0.1, 0.15) is 11.6 Å². The van der Waals surface area contributed by atoms with Crippen molar-refractivity contribution in [3.63, 3.8) is 0 Å². The number of benzene rings is 1. The number of thiazole rings is 1. The fourth-order valence-electron chi connectivity index (χ4n) is 2.09. The Bertz CT molecular complexity index is 583. The van der Waals surface area contributed by atoms with E-state index < -0.39 is 0 Å². The molecule has 0 saturated carbocycles. The minimum absolute atomic E-state index is 0.120. The van der Waals surface area contributed by atoms with Gasteiger partial charge < -0.3 is 15.2 Å². The molecule has 1 unspecified atom stereocenters. The van der Waals surface area contributed by atoms with Gasteiger partial charge in [0, 0.05) is 4.88 Å². The first-order chi connectivity index (χ1) is 9.28. The summed E-state index contributed by atoms with van der Waals surface area (Å²) in [5, 5.41) is 0.968. The van der Waals surface area contributed by atoms with E-state index in [1.807, 2.05) is 31.2 Å². The second kappa shape index (κ2) is 5.19. The molecule has 1 aromatic heterocycles. The number of hydrogen-bond acceptors (Lipinski definition) is 5. The number of fused-ring (bicyclic) bond motifs is 1. The summed E-state index contributed by atoms with van der Waals surface area (Å²) >= 11 is 1.67. The smallest absolute Gasteiger partial charge is 0.184 e. The van der Waals surface area contributed by atoms with E-state index in [0.29, 0.717) is 13.2 Å². The Morgan fingerprint density at radius 3 is 2.95 bits per heavy atom. The third-order valence-electron chi connectivity index (χ3n) is 3.06. The Morgan fingerprint density at radius 1 is 1.37 bits per heavy atom. The topological polar surface area (TPSA) is 57.4 Å². The first-order valence-corrected chi connectivity index (χ1v) is 7.14. The van der Waals surface area contributed by atoms with Crippen LogP contribution in [0.4, 0.5) is 0 Å². The minimum Gasteiger partial charge on any atom is -0.485 e. The fourth-order valence-corrected chi connectivity index (χ4v) is 3.19. The number of para-hydroxylation sites is 2. The summed E-state index contributed by atoms with van der Waals surface area (Å²) in [4.78, 5) is 5.82. The van der Waals surface area contributed by atoms with Crippen LogP contribution < -0.4 is 15.2 Å². The van der Waals surface area contributed by atoms with E-state index in [1.165, 1.54) is 4.88 Å². The summed E-state index contributed by atoms with van der Waals surface area (Å²) in [7, 11) is 0. The van der Waals surface area contributed by atoms with E-state index in [2.05, 4.69) is 4.98 Å². The number of hydrogen-bond donors (Lipinski definition) is 1. The Morgan fingerprint density at radius 2 is 2.16 bits per heavy atom. The molecule has 2 aromatic rings. The maximum absolute atomic E-state index is 5.96. The summed E-state index contributed by atoms with van der Waals surface area (Å²) < 4.78 is 11.7. The highest BCUT2D eigenvalue weighted by Crippen LogP contribution is 2.37. The van der Waals surface area contributed by atoms with Crippen molar-refractivity contribution in [2.45, 2.75) is 19.4 Å². The molecule has 3 rings (SSSR count). The molecule has 2 N–H and O–H groups in total. The van der Waals surface area contributed by atoms with Gasteiger partial charge in [-0.2, -0.15) is 0 Å². The van der Waals surface area contributed by atoms with Gasteiger partial charge in [-0.1, -0.05) is 12.1 Å². The number of aromatic nitrogens is 1. The highest BCUT2D eigenvalue weighted by Gasteiger charge is 2.25. The van der Waals surface area contributed by atoms with Crippen LogP contribution in [0.25, 0.3) is 0 Å². The Labute approximate surface area is 116 Å². The van der Waals surface area contributed by atoms with Crippen molar-refractivity contribution in [2.24, 2.45) is 5.73 Å². The number of ether oxygens (including phenoxy) is 2. The summed E-state index contributed by atoms with van der Waals surface area (Å²) in [6.07, 6.45) is 0.748. The van der Waals surface area contributed by atoms with Gasteiger partial charge in [0.05, 0.1) is 5.69 Å². The number of nitrogens with two attached hydrogens (primary N) is 1. The lowest BCUT2D eigenvalue weighted by atomic mass is 10.2. The van der Waals surface area contributed by atoms with E-state index in [-0.39, 0.29) is 6.10 Å². The highest BCUT2D eigenvalue weighted by molar-refractivity contribution is 7.11. The number of aryl methyl sites for hydroxylation is 1. The van der Waals surface area contributed by atoms with Gasteiger partial charge in [0.2, 0.25) is 0 Å². The second-order valence-corrected chi connectivity index (χ2v) is 5.58. The SMILES string of the molecule is Cc1nc(C2COc3ccccc3O2)sc1CCN. The summed E-state index contributed by atoms with van der Waals surface area (Å²) in [5.74, 6) is 1.58. The van der Waals surface area contributed by atoms with Crippen LogP contribution in [-0.4, -0.2) is 18.1 Å². The molecule has 0 aliphatic carbocycles. The van der Waals surface area contributed by atoms with Crippen molar-refractivity contribution in [2.75, 3.05) is 13.2 Å². The average Bonchev–Trinajstić information content (AvgIpc) is 2.80. The first-order valence-electron chi connectivity index (χ1n) is 6.32. The predicted molar refractivity (Wildman–Crippen MR) is 74.9 cm³/mol. The molecule has 2 heterocycles. The molecule has 0 bridgehead atoms. The largest absolute Gasteiger partial charge is 0.485 e. The molecule has 1 aliphatic heterocycles. The Kier molecular flexibility index (Phi) is 3.40. The van der Waals surface area contributed by atoms with Crippen molar-refractivity contribution in [1.82, 2.24) is 4.98 Å². The van der Waals surface area contributed by atoms with Gasteiger partial charge >= 0.3 is 0 Å². The Hall–Kier alpha value is -1.59. The third-order valence-corrected chi connectivity index (χ3v) is 4.37. The van der Waals surface area contributed by atoms with Crippen molar-refractivity contribution >= 4 is 11.3 Å². The standard InChI is InChI=1S/C14H16N2O2S/c1-9-13(6-7-15)19-14(16-9)12-8-17-10-4-2-3-5-11(10)18-12/h2-5,12H,6-8,15H2,1H3. The summed E-state index contributed by atoms with van der Waals surface area (Å²) in [6.45, 7) is 3.17. The molecule has 1 aromatic carbocycles. The van der Waals surface area contributed by atoms with Crippen LogP contribution in [0.5, 0.6) is 11.5 Å². The number of nitrogens with zero attached hydrogens (tertiary/aromatic N) is 1. The predicted octanol–water partition coefficient (Wildman–Crippen LogP) is 2.47. The van der Waals surface area contributed by atoms with Gasteiger partial charge in [-0.25, -0.2) is 4.98 Å². The van der Waals surface area contributed by atoms with Gasteiger partial charge in [-0.05, 0) is 32.0 Å². The van der Waals surface area contributed by atoms with Crippen molar-refractivity contribution in [1.29, 1.82) is 0 Å². The molecule has 0 fully saturated rings. The van der Waals surface area contributed by atoms with Crippen LogP contribution in [-0.2, 0) is 6.42 Å². The molecule has 0 radical (unpaired) electrons. The summed E-state index contributed by atoms with van der Waals surface area (Å²) in [6, 6.07) is 7.72. The molecule has 0 amide bonds. The number of rotatable bonds is 3. The molecule has 0 spiro atoms. The first kappa shape index (κ1) is 12.4. The molecule has 100 valence electrons. The lowest BCUT2D eigenvalue weighted by Gasteiger charge is -2.24. The zero-order valence-electron chi connectivity index (χ0n) is 10.8. The normalized spacial score (nSPS) is 17.5. The zero-order chi connectivity index (χ0) is 13.2. The van der Waals surface area contributed by atoms with Crippen LogP contribution in [0, 0.1) is 6.92 Å². The molecule has 4 nitrogen and oxygen atoms in total. The van der Waals surface area contributed by atoms with Crippen LogP contribution in [0.3, 0.4) is 0 Å². The van der Waals surface area contributed by atoms with Gasteiger partial charge in [-0.3, -0.25) is 0 Å². The maximum atomic E-state index is 5.96. The maximum Gasteiger partial charge on any atom is 0.184 e. The van der Waals surface area contributed by atoms with E-state index in [0.717, 1.165) is 28.6 Å². The molecular formula is C14H16N2O2S. The van der Waals surface area contributed by atoms with Crippen molar-refractivity contribution in [3.8, 4) is 11.5 Å². The summed E-state index contributed by atoms with van der Waals surface area (Å²) in [5.41, 5.74) is 6.65. The monoisotopic (exact) mass is 276 g/mol. The lowest BCUT2D eigenvalue weighted by molar-refractivity contribution is 0.0910. The zero-order valence-corrected chi connectivity index (χ0v) is 11.6. The van der Waals surface area contributed by atoms with Crippen LogP contribution >= 0.6 is 11.3 Å². The lowest BCUT2D eigenvalue weighted by Crippen LogP contribution is -2.21. The molecule has 5 heteroatoms. The van der Waals surface area contributed by atoms with E-state index in [4.69, 9.17) is 15.2 Å². The van der Waals surface area contributed by atoms with Gasteiger partial charge in [-0.15, -0.1) is 11.3 Å². The molecule has 1 aliphatic rings. The third kappa shape index (κ3) is 2.43. The fraction of sp³-hybridized carbons (Fsp3) is 0.357. The Balaban J connectivity index is 1.83. The van der Waals surface area contributed by atoms with E-state index >= 15 is 0 Å².